The Morgan fingerprint density at radius 3 is 2.70 bits per heavy atom. The molecule has 0 amide bonds. The van der Waals surface area contributed by atoms with Crippen molar-refractivity contribution in [1.82, 2.24) is 19.7 Å². The third-order valence-corrected chi connectivity index (χ3v) is 4.88. The van der Waals surface area contributed by atoms with Crippen LogP contribution in [0.25, 0.3) is 11.4 Å². The van der Waals surface area contributed by atoms with E-state index in [1.165, 1.54) is 0 Å². The van der Waals surface area contributed by atoms with E-state index in [4.69, 9.17) is 4.74 Å². The molecule has 4 rings (SSSR count). The van der Waals surface area contributed by atoms with Gasteiger partial charge in [-0.05, 0) is 24.6 Å². The number of phenolic OH excluding ortho intramolecular Hbond substituents is 1. The van der Waals surface area contributed by atoms with E-state index in [-0.39, 0.29) is 5.75 Å². The predicted molar refractivity (Wildman–Crippen MR) is 104 cm³/mol. The highest BCUT2D eigenvalue weighted by Gasteiger charge is 2.19. The zero-order valence-electron chi connectivity index (χ0n) is 15.5. The molecule has 2 heterocycles. The minimum atomic E-state index is 0.190. The molecular formula is C21H24N4O2. The fraction of sp³-hybridized carbons (Fsp3) is 0.333. The van der Waals surface area contributed by atoms with E-state index in [0.29, 0.717) is 12.4 Å². The fourth-order valence-corrected chi connectivity index (χ4v) is 3.51. The number of ether oxygens (including phenoxy) is 1. The number of aromatic nitrogens is 3. The molecule has 0 spiro atoms. The summed E-state index contributed by atoms with van der Waals surface area (Å²) in [6, 6.07) is 15.8. The maximum absolute atomic E-state index is 9.89. The first-order valence-electron chi connectivity index (χ1n) is 9.39. The number of benzene rings is 2. The van der Waals surface area contributed by atoms with Crippen molar-refractivity contribution in [1.29, 1.82) is 0 Å². The second kappa shape index (κ2) is 7.80. The molecule has 27 heavy (non-hydrogen) atoms. The smallest absolute Gasteiger partial charge is 0.164 e. The van der Waals surface area contributed by atoms with Gasteiger partial charge in [-0.1, -0.05) is 36.4 Å². The van der Waals surface area contributed by atoms with E-state index in [9.17, 15) is 5.11 Å². The zero-order chi connectivity index (χ0) is 18.6. The van der Waals surface area contributed by atoms with Gasteiger partial charge in [-0.15, -0.1) is 10.2 Å². The molecule has 6 heteroatoms. The highest BCUT2D eigenvalue weighted by molar-refractivity contribution is 5.55. The third-order valence-electron chi connectivity index (χ3n) is 4.88. The van der Waals surface area contributed by atoms with Crippen molar-refractivity contribution in [2.45, 2.75) is 26.4 Å². The molecule has 1 N–H and O–H groups in total. The molecule has 0 radical (unpaired) electrons. The van der Waals surface area contributed by atoms with E-state index in [1.54, 1.807) is 6.07 Å². The van der Waals surface area contributed by atoms with Gasteiger partial charge in [0, 0.05) is 38.2 Å². The number of nitrogens with zero attached hydrogens (tertiary/aromatic N) is 4. The molecular weight excluding hydrogens is 340 g/mol. The summed E-state index contributed by atoms with van der Waals surface area (Å²) in [6.07, 6.45) is 0.871. The topological polar surface area (TPSA) is 63.4 Å². The summed E-state index contributed by atoms with van der Waals surface area (Å²) in [5.74, 6) is 2.72. The van der Waals surface area contributed by atoms with Crippen molar-refractivity contribution in [2.24, 2.45) is 0 Å². The van der Waals surface area contributed by atoms with E-state index in [1.807, 2.05) is 37.3 Å². The van der Waals surface area contributed by atoms with Gasteiger partial charge in [-0.3, -0.25) is 4.90 Å². The first kappa shape index (κ1) is 17.5. The molecule has 140 valence electrons. The Morgan fingerprint density at radius 2 is 1.89 bits per heavy atom. The zero-order valence-corrected chi connectivity index (χ0v) is 15.5. The number of rotatable bonds is 5. The summed E-state index contributed by atoms with van der Waals surface area (Å²) in [5.41, 5.74) is 2.24. The van der Waals surface area contributed by atoms with Crippen molar-refractivity contribution in [3.63, 3.8) is 0 Å². The average molecular weight is 364 g/mol. The molecule has 0 atom stereocenters. The quantitative estimate of drug-likeness (QED) is 0.754. The van der Waals surface area contributed by atoms with Crippen LogP contribution in [0.5, 0.6) is 11.5 Å². The van der Waals surface area contributed by atoms with E-state index in [2.05, 4.69) is 31.8 Å². The SMILES string of the molecule is CCOc1cc(CN2CCc3nnc(-c4ccccc4)n3CC2)ccc1O. The molecule has 0 fully saturated rings. The minimum Gasteiger partial charge on any atom is -0.504 e. The molecule has 0 saturated heterocycles. The Kier molecular flexibility index (Phi) is 5.07. The van der Waals surface area contributed by atoms with Crippen LogP contribution in [-0.4, -0.2) is 44.5 Å². The summed E-state index contributed by atoms with van der Waals surface area (Å²) < 4.78 is 7.74. The van der Waals surface area contributed by atoms with E-state index >= 15 is 0 Å². The molecule has 0 unspecified atom stereocenters. The Balaban J connectivity index is 1.48. The molecule has 2 aromatic carbocycles. The van der Waals surface area contributed by atoms with Crippen LogP contribution in [0.3, 0.4) is 0 Å². The van der Waals surface area contributed by atoms with Crippen molar-refractivity contribution in [2.75, 3.05) is 19.7 Å². The van der Waals surface area contributed by atoms with Crippen molar-refractivity contribution in [3.8, 4) is 22.9 Å². The van der Waals surface area contributed by atoms with Crippen molar-refractivity contribution >= 4 is 0 Å². The largest absolute Gasteiger partial charge is 0.504 e. The van der Waals surface area contributed by atoms with Crippen LogP contribution < -0.4 is 4.74 Å². The van der Waals surface area contributed by atoms with Gasteiger partial charge in [-0.2, -0.15) is 0 Å². The molecule has 1 aromatic heterocycles. The van der Waals surface area contributed by atoms with E-state index < -0.39 is 0 Å². The molecule has 1 aliphatic heterocycles. The van der Waals surface area contributed by atoms with Gasteiger partial charge in [0.2, 0.25) is 0 Å². The summed E-state index contributed by atoms with van der Waals surface area (Å²) in [6.45, 7) is 5.99. The lowest BCUT2D eigenvalue weighted by Crippen LogP contribution is -2.26. The second-order valence-corrected chi connectivity index (χ2v) is 6.72. The van der Waals surface area contributed by atoms with Crippen LogP contribution in [0.15, 0.2) is 48.5 Å². The van der Waals surface area contributed by atoms with Gasteiger partial charge < -0.3 is 14.4 Å². The van der Waals surface area contributed by atoms with Crippen molar-refractivity contribution in [3.05, 3.63) is 59.9 Å². The molecule has 6 nitrogen and oxygen atoms in total. The van der Waals surface area contributed by atoms with Crippen LogP contribution in [-0.2, 0) is 19.5 Å². The second-order valence-electron chi connectivity index (χ2n) is 6.72. The monoisotopic (exact) mass is 364 g/mol. The lowest BCUT2D eigenvalue weighted by atomic mass is 10.2. The van der Waals surface area contributed by atoms with Crippen LogP contribution in [0, 0.1) is 0 Å². The first-order chi connectivity index (χ1) is 13.2. The van der Waals surface area contributed by atoms with Gasteiger partial charge in [0.05, 0.1) is 6.61 Å². The normalized spacial score (nSPS) is 14.6. The predicted octanol–water partition coefficient (Wildman–Crippen LogP) is 3.11. The number of aromatic hydroxyl groups is 1. The fourth-order valence-electron chi connectivity index (χ4n) is 3.51. The van der Waals surface area contributed by atoms with Gasteiger partial charge in [0.1, 0.15) is 5.82 Å². The first-order valence-corrected chi connectivity index (χ1v) is 9.39. The van der Waals surface area contributed by atoms with Crippen LogP contribution >= 0.6 is 0 Å². The van der Waals surface area contributed by atoms with Gasteiger partial charge in [0.25, 0.3) is 0 Å². The molecule has 0 aliphatic carbocycles. The number of fused-ring (bicyclic) bond motifs is 1. The lowest BCUT2D eigenvalue weighted by molar-refractivity contribution is 0.269. The van der Waals surface area contributed by atoms with Crippen LogP contribution in [0.2, 0.25) is 0 Å². The summed E-state index contributed by atoms with van der Waals surface area (Å²) in [4.78, 5) is 2.41. The average Bonchev–Trinajstić information content (AvgIpc) is 3.00. The Bertz CT molecular complexity index is 908. The minimum absolute atomic E-state index is 0.190. The Labute approximate surface area is 159 Å². The highest BCUT2D eigenvalue weighted by atomic mass is 16.5. The van der Waals surface area contributed by atoms with Gasteiger partial charge >= 0.3 is 0 Å². The number of phenols is 1. The molecule has 1 aliphatic rings. The standard InChI is InChI=1S/C21H24N4O2/c1-2-27-19-14-16(8-9-18(19)26)15-24-11-10-20-22-23-21(25(20)13-12-24)17-6-4-3-5-7-17/h3-9,14,26H,2,10-13,15H2,1H3. The molecule has 0 saturated carbocycles. The van der Waals surface area contributed by atoms with Crippen LogP contribution in [0.4, 0.5) is 0 Å². The highest BCUT2D eigenvalue weighted by Crippen LogP contribution is 2.28. The molecule has 3 aromatic rings. The maximum atomic E-state index is 9.89. The maximum Gasteiger partial charge on any atom is 0.164 e. The Morgan fingerprint density at radius 1 is 1.04 bits per heavy atom. The summed E-state index contributed by atoms with van der Waals surface area (Å²) in [7, 11) is 0. The number of hydrogen-bond donors (Lipinski definition) is 1. The van der Waals surface area contributed by atoms with Crippen LogP contribution in [0.1, 0.15) is 18.3 Å². The van der Waals surface area contributed by atoms with Gasteiger partial charge in [-0.25, -0.2) is 0 Å². The Hall–Kier alpha value is -2.86. The summed E-state index contributed by atoms with van der Waals surface area (Å²) >= 11 is 0. The van der Waals surface area contributed by atoms with E-state index in [0.717, 1.165) is 55.4 Å². The summed E-state index contributed by atoms with van der Waals surface area (Å²) in [5, 5.41) is 18.7. The van der Waals surface area contributed by atoms with Crippen molar-refractivity contribution < 1.29 is 9.84 Å². The molecule has 0 bridgehead atoms. The van der Waals surface area contributed by atoms with Gasteiger partial charge in [0.15, 0.2) is 17.3 Å². The third kappa shape index (κ3) is 3.80. The lowest BCUT2D eigenvalue weighted by Gasteiger charge is -2.20. The number of hydrogen-bond acceptors (Lipinski definition) is 5.